The van der Waals surface area contributed by atoms with E-state index in [1.165, 1.54) is 0 Å². The summed E-state index contributed by atoms with van der Waals surface area (Å²) in [7, 11) is 0. The van der Waals surface area contributed by atoms with Gasteiger partial charge >= 0.3 is 0 Å². The summed E-state index contributed by atoms with van der Waals surface area (Å²) < 4.78 is 0. The molecule has 3 N–H and O–H groups in total. The number of nitrogens with two attached hydrogens (primary N) is 1. The van der Waals surface area contributed by atoms with Crippen LogP contribution in [0.2, 0.25) is 5.02 Å². The van der Waals surface area contributed by atoms with Gasteiger partial charge in [-0.15, -0.1) is 0 Å². The van der Waals surface area contributed by atoms with E-state index in [1.807, 2.05) is 0 Å². The van der Waals surface area contributed by atoms with Crippen LogP contribution in [0.25, 0.3) is 0 Å². The second kappa shape index (κ2) is 4.76. The van der Waals surface area contributed by atoms with Crippen molar-refractivity contribution in [2.45, 2.75) is 6.42 Å². The van der Waals surface area contributed by atoms with Crippen LogP contribution in [-0.2, 0) is 0 Å². The molecule has 0 atom stereocenters. The van der Waals surface area contributed by atoms with E-state index >= 15 is 0 Å². The first-order valence-corrected chi connectivity index (χ1v) is 4.26. The minimum absolute atomic E-state index is 0.0699. The maximum absolute atomic E-state index is 8.50. The first-order chi connectivity index (χ1) is 6.24. The van der Waals surface area contributed by atoms with Crippen LogP contribution in [-0.4, -0.2) is 11.7 Å². The number of hydrogen-bond donors (Lipinski definition) is 2. The topological polar surface area (TPSA) is 46.2 Å². The average Bonchev–Trinajstić information content (AvgIpc) is 2.09. The third-order valence-corrected chi connectivity index (χ3v) is 1.71. The molecule has 0 aliphatic rings. The lowest BCUT2D eigenvalue weighted by atomic mass is 10.2. The molecule has 1 aromatic carbocycles. The van der Waals surface area contributed by atoms with Crippen LogP contribution in [0, 0.1) is 11.8 Å². The van der Waals surface area contributed by atoms with Crippen LogP contribution < -0.4 is 5.73 Å². The monoisotopic (exact) mass is 195 g/mol. The molecular formula is C10H10ClNO. The summed E-state index contributed by atoms with van der Waals surface area (Å²) >= 11 is 5.71. The fourth-order valence-electron chi connectivity index (χ4n) is 0.861. The largest absolute Gasteiger partial charge is 0.398 e. The molecule has 0 aliphatic heterocycles. The van der Waals surface area contributed by atoms with Crippen LogP contribution in [0.3, 0.4) is 0 Å². The lowest BCUT2D eigenvalue weighted by molar-refractivity contribution is 0.305. The highest BCUT2D eigenvalue weighted by Crippen LogP contribution is 2.16. The van der Waals surface area contributed by atoms with Crippen molar-refractivity contribution in [2.75, 3.05) is 12.3 Å². The molecular weight excluding hydrogens is 186 g/mol. The van der Waals surface area contributed by atoms with E-state index in [0.717, 1.165) is 5.56 Å². The summed E-state index contributed by atoms with van der Waals surface area (Å²) in [6.45, 7) is 0.0699. The summed E-state index contributed by atoms with van der Waals surface area (Å²) in [5.74, 6) is 5.64. The summed E-state index contributed by atoms with van der Waals surface area (Å²) in [5.41, 5.74) is 6.97. The van der Waals surface area contributed by atoms with Crippen LogP contribution in [0.1, 0.15) is 12.0 Å². The third-order valence-electron chi connectivity index (χ3n) is 1.47. The van der Waals surface area contributed by atoms with Crippen molar-refractivity contribution in [1.82, 2.24) is 0 Å². The van der Waals surface area contributed by atoms with Gasteiger partial charge in [-0.3, -0.25) is 0 Å². The molecule has 0 unspecified atom stereocenters. The number of aliphatic hydroxyl groups excluding tert-OH is 1. The maximum Gasteiger partial charge on any atom is 0.0540 e. The van der Waals surface area contributed by atoms with Gasteiger partial charge in [-0.25, -0.2) is 0 Å². The minimum Gasteiger partial charge on any atom is -0.398 e. The molecule has 1 rings (SSSR count). The van der Waals surface area contributed by atoms with Gasteiger partial charge < -0.3 is 10.8 Å². The molecule has 0 aliphatic carbocycles. The van der Waals surface area contributed by atoms with Crippen LogP contribution in [0.4, 0.5) is 5.69 Å². The first kappa shape index (κ1) is 9.91. The van der Waals surface area contributed by atoms with E-state index < -0.39 is 0 Å². The van der Waals surface area contributed by atoms with E-state index in [1.54, 1.807) is 18.2 Å². The van der Waals surface area contributed by atoms with E-state index in [0.29, 0.717) is 17.1 Å². The van der Waals surface area contributed by atoms with Gasteiger partial charge in [0.2, 0.25) is 0 Å². The van der Waals surface area contributed by atoms with Gasteiger partial charge in [-0.2, -0.15) is 0 Å². The van der Waals surface area contributed by atoms with Gasteiger partial charge in [0.1, 0.15) is 0 Å². The summed E-state index contributed by atoms with van der Waals surface area (Å²) in [4.78, 5) is 0. The Hall–Kier alpha value is -1.17. The zero-order valence-corrected chi connectivity index (χ0v) is 7.80. The fourth-order valence-corrected chi connectivity index (χ4v) is 1.04. The predicted molar refractivity (Wildman–Crippen MR) is 54.4 cm³/mol. The zero-order valence-electron chi connectivity index (χ0n) is 7.05. The highest BCUT2D eigenvalue weighted by atomic mass is 35.5. The average molecular weight is 196 g/mol. The molecule has 0 radical (unpaired) electrons. The van der Waals surface area contributed by atoms with Gasteiger partial charge in [-0.05, 0) is 18.2 Å². The molecule has 3 heteroatoms. The highest BCUT2D eigenvalue weighted by molar-refractivity contribution is 6.30. The molecule has 0 spiro atoms. The molecule has 0 heterocycles. The lowest BCUT2D eigenvalue weighted by Crippen LogP contribution is -1.89. The fraction of sp³-hybridized carbons (Fsp3) is 0.200. The summed E-state index contributed by atoms with van der Waals surface area (Å²) in [5, 5.41) is 9.10. The van der Waals surface area contributed by atoms with Crippen molar-refractivity contribution in [3.8, 4) is 11.8 Å². The molecule has 68 valence electrons. The van der Waals surface area contributed by atoms with Crippen molar-refractivity contribution < 1.29 is 5.11 Å². The minimum atomic E-state index is 0.0699. The first-order valence-electron chi connectivity index (χ1n) is 3.89. The molecule has 13 heavy (non-hydrogen) atoms. The van der Waals surface area contributed by atoms with Crippen molar-refractivity contribution in [1.29, 1.82) is 0 Å². The second-order valence-corrected chi connectivity index (χ2v) is 2.94. The van der Waals surface area contributed by atoms with Gasteiger partial charge in [0.05, 0.1) is 6.61 Å². The van der Waals surface area contributed by atoms with E-state index in [2.05, 4.69) is 11.8 Å². The van der Waals surface area contributed by atoms with E-state index in [-0.39, 0.29) is 6.61 Å². The Morgan fingerprint density at radius 3 is 2.85 bits per heavy atom. The molecule has 0 saturated carbocycles. The smallest absolute Gasteiger partial charge is 0.0540 e. The Morgan fingerprint density at radius 2 is 2.23 bits per heavy atom. The van der Waals surface area contributed by atoms with Crippen LogP contribution in [0.5, 0.6) is 0 Å². The number of benzene rings is 1. The Balaban J connectivity index is 2.85. The standard InChI is InChI=1S/C10H10ClNO/c11-9-5-4-8(10(12)7-9)3-1-2-6-13/h4-5,7,13H,2,6,12H2. The number of rotatable bonds is 1. The molecule has 0 amide bonds. The van der Waals surface area contributed by atoms with Gasteiger partial charge in [0.25, 0.3) is 0 Å². The second-order valence-electron chi connectivity index (χ2n) is 2.51. The Labute approximate surface area is 82.3 Å². The number of hydrogen-bond acceptors (Lipinski definition) is 2. The Kier molecular flexibility index (Phi) is 3.63. The maximum atomic E-state index is 8.50. The summed E-state index contributed by atoms with van der Waals surface area (Å²) in [6, 6.07) is 5.16. The molecule has 0 bridgehead atoms. The van der Waals surface area contributed by atoms with E-state index in [9.17, 15) is 0 Å². The summed E-state index contributed by atoms with van der Waals surface area (Å²) in [6.07, 6.45) is 0.460. The Morgan fingerprint density at radius 1 is 1.46 bits per heavy atom. The van der Waals surface area contributed by atoms with Crippen molar-refractivity contribution in [3.63, 3.8) is 0 Å². The molecule has 0 fully saturated rings. The normalized spacial score (nSPS) is 9.08. The zero-order chi connectivity index (χ0) is 9.68. The van der Waals surface area contributed by atoms with Crippen LogP contribution >= 0.6 is 11.6 Å². The van der Waals surface area contributed by atoms with Crippen molar-refractivity contribution >= 4 is 17.3 Å². The molecule has 1 aromatic rings. The highest BCUT2D eigenvalue weighted by Gasteiger charge is 1.95. The van der Waals surface area contributed by atoms with Gasteiger partial charge in [-0.1, -0.05) is 23.4 Å². The van der Waals surface area contributed by atoms with Crippen LogP contribution in [0.15, 0.2) is 18.2 Å². The Bertz CT molecular complexity index is 352. The predicted octanol–water partition coefficient (Wildman–Crippen LogP) is 1.66. The van der Waals surface area contributed by atoms with Gasteiger partial charge in [0, 0.05) is 22.7 Å². The van der Waals surface area contributed by atoms with Gasteiger partial charge in [0.15, 0.2) is 0 Å². The number of nitrogen functional groups attached to an aromatic ring is 1. The molecule has 2 nitrogen and oxygen atoms in total. The third kappa shape index (κ3) is 2.98. The van der Waals surface area contributed by atoms with E-state index in [4.69, 9.17) is 22.4 Å². The SMILES string of the molecule is Nc1cc(Cl)ccc1C#CCCO. The molecule has 0 saturated heterocycles. The van der Waals surface area contributed by atoms with Crippen molar-refractivity contribution in [2.24, 2.45) is 0 Å². The van der Waals surface area contributed by atoms with Crippen molar-refractivity contribution in [3.05, 3.63) is 28.8 Å². The molecule has 0 aromatic heterocycles. The quantitative estimate of drug-likeness (QED) is 0.529. The number of halogens is 1. The lowest BCUT2D eigenvalue weighted by Gasteiger charge is -1.97. The number of aliphatic hydroxyl groups is 1. The number of anilines is 1.